The van der Waals surface area contributed by atoms with Crippen LogP contribution in [0.25, 0.3) is 11.0 Å². The van der Waals surface area contributed by atoms with E-state index in [0.717, 1.165) is 17.4 Å². The predicted molar refractivity (Wildman–Crippen MR) is 113 cm³/mol. The van der Waals surface area contributed by atoms with Crippen LogP contribution < -0.4 is 16.7 Å². The van der Waals surface area contributed by atoms with Gasteiger partial charge >= 0.3 is 5.63 Å². The van der Waals surface area contributed by atoms with E-state index >= 15 is 0 Å². The highest BCUT2D eigenvalue weighted by Crippen LogP contribution is 2.24. The van der Waals surface area contributed by atoms with Crippen molar-refractivity contribution in [2.24, 2.45) is 0 Å². The van der Waals surface area contributed by atoms with Crippen molar-refractivity contribution < 1.29 is 18.8 Å². The number of nitrogens with zero attached hydrogens (tertiary/aromatic N) is 1. The Morgan fingerprint density at radius 3 is 2.47 bits per heavy atom. The molecule has 0 fully saturated rings. The van der Waals surface area contributed by atoms with Crippen molar-refractivity contribution in [3.63, 3.8) is 0 Å². The van der Waals surface area contributed by atoms with E-state index in [2.05, 4.69) is 5.32 Å². The molecule has 0 bridgehead atoms. The molecule has 2 heterocycles. The summed E-state index contributed by atoms with van der Waals surface area (Å²) in [4.78, 5) is 48.7. The third-order valence-electron chi connectivity index (χ3n) is 5.29. The summed E-state index contributed by atoms with van der Waals surface area (Å²) in [6.45, 7) is 4.50. The van der Waals surface area contributed by atoms with Gasteiger partial charge in [0.25, 0.3) is 11.8 Å². The maximum Gasteiger partial charge on any atom is 0.340 e. The summed E-state index contributed by atoms with van der Waals surface area (Å²) in [6.07, 6.45) is 4.61. The molecule has 0 aliphatic carbocycles. The number of carbonyl (C=O) groups excluding carboxylic acids is 3. The second kappa shape index (κ2) is 8.94. The lowest BCUT2D eigenvalue weighted by atomic mass is 10.0. The number of aryl methyl sites for hydroxylation is 2. The minimum absolute atomic E-state index is 0.0595. The van der Waals surface area contributed by atoms with Gasteiger partial charge in [-0.15, -0.1) is 0 Å². The van der Waals surface area contributed by atoms with Crippen molar-refractivity contribution in [2.45, 2.75) is 39.5 Å². The fourth-order valence-electron chi connectivity index (χ4n) is 3.44. The van der Waals surface area contributed by atoms with Crippen LogP contribution in [0, 0.1) is 13.8 Å². The first-order chi connectivity index (χ1) is 14.3. The number of hydrogen-bond acceptors (Lipinski definition) is 6. The molecular formula is C22H25N3O5. The van der Waals surface area contributed by atoms with E-state index in [9.17, 15) is 19.2 Å². The third-order valence-corrected chi connectivity index (χ3v) is 5.29. The number of nitrogens with one attached hydrogen (secondary N) is 1. The Morgan fingerprint density at radius 1 is 1.07 bits per heavy atom. The number of nitrogens with two attached hydrogens (primary N) is 1. The van der Waals surface area contributed by atoms with E-state index in [1.807, 2.05) is 13.0 Å². The van der Waals surface area contributed by atoms with Crippen LogP contribution in [0.3, 0.4) is 0 Å². The Bertz CT molecular complexity index is 1080. The van der Waals surface area contributed by atoms with Crippen LogP contribution in [0.4, 0.5) is 5.69 Å². The van der Waals surface area contributed by atoms with Gasteiger partial charge in [0.05, 0.1) is 12.0 Å². The highest BCUT2D eigenvalue weighted by Gasteiger charge is 2.22. The lowest BCUT2D eigenvalue weighted by Crippen LogP contribution is -2.31. The second-order valence-corrected chi connectivity index (χ2v) is 7.45. The van der Waals surface area contributed by atoms with E-state index in [1.165, 1.54) is 17.1 Å². The number of nitrogen functional groups attached to an aromatic ring is 1. The van der Waals surface area contributed by atoms with Crippen molar-refractivity contribution in [2.75, 3.05) is 18.8 Å². The fraction of sp³-hybridized carbons (Fsp3) is 0.364. The van der Waals surface area contributed by atoms with Gasteiger partial charge in [0, 0.05) is 42.4 Å². The van der Waals surface area contributed by atoms with Crippen LogP contribution in [0.1, 0.15) is 36.0 Å². The summed E-state index contributed by atoms with van der Waals surface area (Å²) >= 11 is 0. The molecule has 158 valence electrons. The highest BCUT2D eigenvalue weighted by atomic mass is 16.4. The Kier molecular flexibility index (Phi) is 6.34. The standard InChI is InChI=1S/C22H25N3O5/c1-13-10-15-14(2)16(22(29)30-18(15)12-17(13)23)11-19(26)24-8-4-3-5-9-25-20(27)6-7-21(25)28/h6-7,10,12H,3-5,8-9,11,23H2,1-2H3,(H,24,26). The number of rotatable bonds is 8. The maximum atomic E-state index is 12.3. The van der Waals surface area contributed by atoms with Crippen LogP contribution in [0.15, 0.2) is 33.5 Å². The third kappa shape index (κ3) is 4.59. The first-order valence-electron chi connectivity index (χ1n) is 9.90. The van der Waals surface area contributed by atoms with Gasteiger partial charge in [-0.1, -0.05) is 0 Å². The lowest BCUT2D eigenvalue weighted by molar-refractivity contribution is -0.136. The molecule has 1 aliphatic rings. The summed E-state index contributed by atoms with van der Waals surface area (Å²) in [7, 11) is 0. The molecule has 3 rings (SSSR count). The molecule has 3 amide bonds. The zero-order valence-corrected chi connectivity index (χ0v) is 17.1. The lowest BCUT2D eigenvalue weighted by Gasteiger charge is -2.13. The van der Waals surface area contributed by atoms with Crippen molar-refractivity contribution in [1.82, 2.24) is 10.2 Å². The molecule has 8 heteroatoms. The molecule has 30 heavy (non-hydrogen) atoms. The average molecular weight is 411 g/mol. The van der Waals surface area contributed by atoms with Gasteiger partial charge in [-0.3, -0.25) is 19.3 Å². The fourth-order valence-corrected chi connectivity index (χ4v) is 3.44. The molecule has 0 spiro atoms. The minimum Gasteiger partial charge on any atom is -0.422 e. The van der Waals surface area contributed by atoms with Crippen LogP contribution in [0.2, 0.25) is 0 Å². The average Bonchev–Trinajstić information content (AvgIpc) is 3.01. The predicted octanol–water partition coefficient (Wildman–Crippen LogP) is 1.75. The summed E-state index contributed by atoms with van der Waals surface area (Å²) in [5.41, 5.74) is 8.23. The van der Waals surface area contributed by atoms with Gasteiger partial charge in [-0.2, -0.15) is 0 Å². The number of benzene rings is 1. The number of anilines is 1. The summed E-state index contributed by atoms with van der Waals surface area (Å²) in [6, 6.07) is 3.48. The van der Waals surface area contributed by atoms with E-state index in [4.69, 9.17) is 10.2 Å². The molecule has 0 atom stereocenters. The largest absolute Gasteiger partial charge is 0.422 e. The molecular weight excluding hydrogens is 386 g/mol. The molecule has 8 nitrogen and oxygen atoms in total. The normalized spacial score (nSPS) is 13.5. The topological polar surface area (TPSA) is 123 Å². The van der Waals surface area contributed by atoms with Crippen LogP contribution in [-0.2, 0) is 20.8 Å². The molecule has 1 aliphatic heterocycles. The molecule has 0 saturated carbocycles. The van der Waals surface area contributed by atoms with Gasteiger partial charge < -0.3 is 15.5 Å². The Balaban J connectivity index is 1.50. The van der Waals surface area contributed by atoms with Crippen LogP contribution in [0.5, 0.6) is 0 Å². The Hall–Kier alpha value is -3.42. The monoisotopic (exact) mass is 411 g/mol. The SMILES string of the molecule is Cc1cc2c(C)c(CC(=O)NCCCCCN3C(=O)C=CC3=O)c(=O)oc2cc1N. The second-order valence-electron chi connectivity index (χ2n) is 7.45. The van der Waals surface area contributed by atoms with E-state index in [0.29, 0.717) is 48.3 Å². The molecule has 1 aromatic carbocycles. The molecule has 2 aromatic rings. The quantitative estimate of drug-likeness (QED) is 0.295. The molecule has 1 aromatic heterocycles. The molecule has 3 N–H and O–H groups in total. The minimum atomic E-state index is -0.535. The van der Waals surface area contributed by atoms with Crippen molar-refractivity contribution in [3.05, 3.63) is 51.4 Å². The molecule has 0 saturated heterocycles. The zero-order chi connectivity index (χ0) is 21.8. The molecule has 0 unspecified atom stereocenters. The number of carbonyl (C=O) groups is 3. The van der Waals surface area contributed by atoms with Crippen molar-refractivity contribution >= 4 is 34.4 Å². The van der Waals surface area contributed by atoms with Gasteiger partial charge in [0.1, 0.15) is 5.58 Å². The number of unbranched alkanes of at least 4 members (excludes halogenated alkanes) is 2. The highest BCUT2D eigenvalue weighted by molar-refractivity contribution is 6.12. The number of amides is 3. The number of imide groups is 1. The van der Waals surface area contributed by atoms with Gasteiger partial charge in [-0.05, 0) is 50.3 Å². The summed E-state index contributed by atoms with van der Waals surface area (Å²) in [5.74, 6) is -0.822. The zero-order valence-electron chi connectivity index (χ0n) is 17.1. The Morgan fingerprint density at radius 2 is 1.77 bits per heavy atom. The van der Waals surface area contributed by atoms with E-state index in [-0.39, 0.29) is 24.1 Å². The number of fused-ring (bicyclic) bond motifs is 1. The van der Waals surface area contributed by atoms with Gasteiger partial charge in [0.15, 0.2) is 0 Å². The van der Waals surface area contributed by atoms with Crippen molar-refractivity contribution in [3.8, 4) is 0 Å². The Labute approximate surface area is 173 Å². The number of hydrogen-bond donors (Lipinski definition) is 2. The maximum absolute atomic E-state index is 12.3. The summed E-state index contributed by atoms with van der Waals surface area (Å²) < 4.78 is 5.35. The smallest absolute Gasteiger partial charge is 0.340 e. The van der Waals surface area contributed by atoms with Crippen LogP contribution in [-0.4, -0.2) is 35.7 Å². The van der Waals surface area contributed by atoms with Crippen LogP contribution >= 0.6 is 0 Å². The van der Waals surface area contributed by atoms with Crippen molar-refractivity contribution in [1.29, 1.82) is 0 Å². The first kappa shape index (κ1) is 21.3. The van der Waals surface area contributed by atoms with Gasteiger partial charge in [0.2, 0.25) is 5.91 Å². The van der Waals surface area contributed by atoms with E-state index in [1.54, 1.807) is 13.0 Å². The van der Waals surface area contributed by atoms with E-state index < -0.39 is 5.63 Å². The first-order valence-corrected chi connectivity index (χ1v) is 9.90. The van der Waals surface area contributed by atoms with Gasteiger partial charge in [-0.25, -0.2) is 4.79 Å². The molecule has 0 radical (unpaired) electrons. The summed E-state index contributed by atoms with van der Waals surface area (Å²) in [5, 5.41) is 3.57.